The molecule has 35 heavy (non-hydrogen) atoms. The van der Waals surface area contributed by atoms with Gasteiger partial charge in [-0.15, -0.1) is 0 Å². The van der Waals surface area contributed by atoms with Gasteiger partial charge in [0.2, 0.25) is 17.7 Å². The molecule has 3 saturated heterocycles. The van der Waals surface area contributed by atoms with Crippen LogP contribution in [-0.4, -0.2) is 70.2 Å². The maximum atomic E-state index is 14.2. The minimum absolute atomic E-state index is 0.00820. The fraction of sp³-hybridized carbons (Fsp3) is 0.889. The molecule has 0 radical (unpaired) electrons. The summed E-state index contributed by atoms with van der Waals surface area (Å²) in [6.07, 6.45) is 8.68. The van der Waals surface area contributed by atoms with Crippen LogP contribution in [0.15, 0.2) is 0 Å². The normalized spacial score (nSPS) is 36.2. The topological polar surface area (TPSA) is 108 Å². The summed E-state index contributed by atoms with van der Waals surface area (Å²) in [4.78, 5) is 43.3. The van der Waals surface area contributed by atoms with E-state index in [-0.39, 0.29) is 36.3 Å². The number of fused-ring (bicyclic) bond motifs is 1. The summed E-state index contributed by atoms with van der Waals surface area (Å²) in [5.74, 6) is -1.85. The zero-order valence-corrected chi connectivity index (χ0v) is 22.0. The Balaban J connectivity index is 1.75. The quantitative estimate of drug-likeness (QED) is 0.435. The Hall–Kier alpha value is -1.67. The van der Waals surface area contributed by atoms with Crippen molar-refractivity contribution in [1.29, 1.82) is 0 Å². The van der Waals surface area contributed by atoms with Crippen LogP contribution in [-0.2, 0) is 19.1 Å². The second kappa shape index (κ2) is 10.4. The van der Waals surface area contributed by atoms with Crippen LogP contribution < -0.4 is 10.6 Å². The third-order valence-corrected chi connectivity index (χ3v) is 9.50. The van der Waals surface area contributed by atoms with E-state index in [0.29, 0.717) is 25.8 Å². The molecule has 0 aromatic rings. The van der Waals surface area contributed by atoms with Gasteiger partial charge in [0.25, 0.3) is 0 Å². The Morgan fingerprint density at radius 2 is 1.86 bits per heavy atom. The van der Waals surface area contributed by atoms with Crippen molar-refractivity contribution < 1.29 is 24.2 Å². The fourth-order valence-corrected chi connectivity index (χ4v) is 7.41. The number of likely N-dealkylation sites (tertiary alicyclic amines) is 1. The number of nitrogens with zero attached hydrogens (tertiary/aromatic N) is 1. The highest BCUT2D eigenvalue weighted by molar-refractivity contribution is 5.99. The van der Waals surface area contributed by atoms with Gasteiger partial charge in [0.1, 0.15) is 11.6 Å². The molecule has 7 atom stereocenters. The van der Waals surface area contributed by atoms with Gasteiger partial charge in [-0.2, -0.15) is 0 Å². The number of rotatable bonds is 10. The lowest BCUT2D eigenvalue weighted by atomic mass is 9.65. The summed E-state index contributed by atoms with van der Waals surface area (Å²) >= 11 is 0. The Morgan fingerprint density at radius 1 is 1.14 bits per heavy atom. The molecule has 0 aromatic heterocycles. The molecule has 8 nitrogen and oxygen atoms in total. The van der Waals surface area contributed by atoms with Crippen molar-refractivity contribution in [2.75, 3.05) is 13.2 Å². The van der Waals surface area contributed by atoms with Crippen LogP contribution >= 0.6 is 0 Å². The highest BCUT2D eigenvalue weighted by Crippen LogP contribution is 2.64. The van der Waals surface area contributed by atoms with Crippen molar-refractivity contribution >= 4 is 17.7 Å². The summed E-state index contributed by atoms with van der Waals surface area (Å²) in [7, 11) is 0. The van der Waals surface area contributed by atoms with Crippen molar-refractivity contribution in [2.24, 2.45) is 17.8 Å². The first kappa shape index (κ1) is 26.4. The van der Waals surface area contributed by atoms with Crippen molar-refractivity contribution in [2.45, 2.75) is 121 Å². The third kappa shape index (κ3) is 4.18. The molecular formula is C27H45N3O5. The van der Waals surface area contributed by atoms with Crippen molar-refractivity contribution in [3.8, 4) is 0 Å². The molecule has 1 aliphatic carbocycles. The maximum absolute atomic E-state index is 14.2. The van der Waals surface area contributed by atoms with Gasteiger partial charge < -0.3 is 25.4 Å². The molecule has 4 rings (SSSR count). The zero-order valence-electron chi connectivity index (χ0n) is 22.0. The van der Waals surface area contributed by atoms with E-state index in [1.54, 1.807) is 4.90 Å². The second-order valence-electron chi connectivity index (χ2n) is 11.3. The SMILES string of the molecule is CCCNC(=O)[C@H]1[C@H]2C(=O)N([C@@H](CO)[C@@H](C)CC)C(C(=O)NC3CCCCC3)C23CC[C@]1(CC)O3. The minimum atomic E-state index is -1.03. The number of aliphatic hydroxyl groups is 1. The van der Waals surface area contributed by atoms with Gasteiger partial charge in [-0.05, 0) is 44.4 Å². The first-order valence-corrected chi connectivity index (χ1v) is 14.0. The van der Waals surface area contributed by atoms with Crippen LogP contribution in [0, 0.1) is 17.8 Å². The number of carbonyl (C=O) groups is 3. The number of hydrogen-bond acceptors (Lipinski definition) is 5. The average Bonchev–Trinajstić information content (AvgIpc) is 3.47. The van der Waals surface area contributed by atoms with Crippen molar-refractivity contribution in [3.05, 3.63) is 0 Å². The Labute approximate surface area is 209 Å². The predicted octanol–water partition coefficient (Wildman–Crippen LogP) is 2.52. The van der Waals surface area contributed by atoms with E-state index < -0.39 is 35.1 Å². The van der Waals surface area contributed by atoms with Crippen molar-refractivity contribution in [3.63, 3.8) is 0 Å². The monoisotopic (exact) mass is 491 g/mol. The maximum Gasteiger partial charge on any atom is 0.246 e. The van der Waals surface area contributed by atoms with Crippen LogP contribution in [0.3, 0.4) is 0 Å². The molecule has 4 fully saturated rings. The van der Waals surface area contributed by atoms with Gasteiger partial charge in [-0.25, -0.2) is 0 Å². The van der Waals surface area contributed by atoms with E-state index >= 15 is 0 Å². The van der Waals surface area contributed by atoms with Gasteiger partial charge in [-0.1, -0.05) is 53.4 Å². The van der Waals surface area contributed by atoms with E-state index in [1.165, 1.54) is 6.42 Å². The Bertz CT molecular complexity index is 815. The predicted molar refractivity (Wildman–Crippen MR) is 132 cm³/mol. The second-order valence-corrected chi connectivity index (χ2v) is 11.3. The zero-order chi connectivity index (χ0) is 25.4. The lowest BCUT2D eigenvalue weighted by Gasteiger charge is -2.40. The standard InChI is InChI=1S/C27H45N3O5/c1-5-15-28-23(32)20-21-25(34)30(19(16-31)17(4)6-2)22(24(33)29-18-11-9-8-10-12-18)27(21)14-13-26(20,7-3)35-27/h17-22,31H,5-16H2,1-4H3,(H,28,32)(H,29,33)/t17-,19-,20+,21-,22?,26-,27?/m0/s1. The molecule has 0 aromatic carbocycles. The molecule has 8 heteroatoms. The van der Waals surface area contributed by atoms with Crippen LogP contribution in [0.1, 0.15) is 91.9 Å². The summed E-state index contributed by atoms with van der Waals surface area (Å²) in [5, 5.41) is 16.7. The summed E-state index contributed by atoms with van der Waals surface area (Å²) in [6.45, 7) is 8.37. The largest absolute Gasteiger partial charge is 0.394 e. The molecule has 3 amide bonds. The van der Waals surface area contributed by atoms with Crippen LogP contribution in [0.2, 0.25) is 0 Å². The first-order chi connectivity index (χ1) is 16.8. The minimum Gasteiger partial charge on any atom is -0.394 e. The van der Waals surface area contributed by atoms with Gasteiger partial charge in [0.05, 0.1) is 30.1 Å². The Kier molecular flexibility index (Phi) is 7.82. The van der Waals surface area contributed by atoms with Gasteiger partial charge in [0, 0.05) is 12.6 Å². The highest BCUT2D eigenvalue weighted by atomic mass is 16.5. The third-order valence-electron chi connectivity index (χ3n) is 9.50. The van der Waals surface area contributed by atoms with E-state index in [2.05, 4.69) is 10.6 Å². The van der Waals surface area contributed by atoms with Crippen molar-refractivity contribution in [1.82, 2.24) is 15.5 Å². The van der Waals surface area contributed by atoms with Crippen LogP contribution in [0.25, 0.3) is 0 Å². The van der Waals surface area contributed by atoms with Crippen LogP contribution in [0.5, 0.6) is 0 Å². The smallest absolute Gasteiger partial charge is 0.246 e. The highest BCUT2D eigenvalue weighted by Gasteiger charge is 2.79. The first-order valence-electron chi connectivity index (χ1n) is 14.0. The summed E-state index contributed by atoms with van der Waals surface area (Å²) in [6, 6.07) is -1.22. The molecule has 2 unspecified atom stereocenters. The molecule has 1 saturated carbocycles. The number of nitrogens with one attached hydrogen (secondary N) is 2. The molecule has 4 aliphatic rings. The lowest BCUT2D eigenvalue weighted by molar-refractivity contribution is -0.152. The molecule has 198 valence electrons. The number of ether oxygens (including phenoxy) is 1. The fourth-order valence-electron chi connectivity index (χ4n) is 7.41. The lowest BCUT2D eigenvalue weighted by Crippen LogP contribution is -2.60. The van der Waals surface area contributed by atoms with E-state index in [1.807, 2.05) is 27.7 Å². The van der Waals surface area contributed by atoms with Gasteiger partial charge in [0.15, 0.2) is 0 Å². The average molecular weight is 492 g/mol. The van der Waals surface area contributed by atoms with Gasteiger partial charge in [-0.3, -0.25) is 14.4 Å². The molecule has 3 N–H and O–H groups in total. The molecule has 3 heterocycles. The molecule has 3 aliphatic heterocycles. The number of carbonyl (C=O) groups excluding carboxylic acids is 3. The summed E-state index contributed by atoms with van der Waals surface area (Å²) < 4.78 is 6.80. The molecule has 2 bridgehead atoms. The van der Waals surface area contributed by atoms with E-state index in [4.69, 9.17) is 4.74 Å². The molecule has 1 spiro atoms. The molecular weight excluding hydrogens is 446 g/mol. The van der Waals surface area contributed by atoms with E-state index in [9.17, 15) is 19.5 Å². The van der Waals surface area contributed by atoms with E-state index in [0.717, 1.165) is 38.5 Å². The summed E-state index contributed by atoms with van der Waals surface area (Å²) in [5.41, 5.74) is -1.75. The number of amides is 3. The van der Waals surface area contributed by atoms with Gasteiger partial charge >= 0.3 is 0 Å². The van der Waals surface area contributed by atoms with Crippen LogP contribution in [0.4, 0.5) is 0 Å². The number of hydrogen-bond donors (Lipinski definition) is 3. The number of aliphatic hydroxyl groups excluding tert-OH is 1. The Morgan fingerprint density at radius 3 is 2.46 bits per heavy atom.